The summed E-state index contributed by atoms with van der Waals surface area (Å²) in [6.45, 7) is 3.75. The molecule has 1 aromatic heterocycles. The monoisotopic (exact) mass is 273 g/mol. The fourth-order valence-corrected chi connectivity index (χ4v) is 2.12. The number of aromatic hydroxyl groups is 1. The zero-order valence-electron chi connectivity index (χ0n) is 12.2. The molecule has 106 valence electrons. The van der Waals surface area contributed by atoms with Crippen LogP contribution in [0.4, 0.5) is 0 Å². The van der Waals surface area contributed by atoms with E-state index < -0.39 is 0 Å². The minimum absolute atomic E-state index is 0.105. The Morgan fingerprint density at radius 3 is 2.60 bits per heavy atom. The van der Waals surface area contributed by atoms with Crippen LogP contribution < -0.4 is 0 Å². The number of carbonyl (C=O) groups excluding carboxylic acids is 1. The van der Waals surface area contributed by atoms with Crippen LogP contribution in [-0.4, -0.2) is 32.7 Å². The highest BCUT2D eigenvalue weighted by atomic mass is 16.3. The number of amides is 1. The third-order valence-electron chi connectivity index (χ3n) is 3.75. The van der Waals surface area contributed by atoms with Gasteiger partial charge < -0.3 is 10.0 Å². The van der Waals surface area contributed by atoms with Gasteiger partial charge in [0.25, 0.3) is 5.91 Å². The molecule has 0 spiro atoms. The summed E-state index contributed by atoms with van der Waals surface area (Å²) < 4.78 is 1.67. The number of hydrogen-bond acceptors (Lipinski definition) is 3. The quantitative estimate of drug-likeness (QED) is 0.933. The SMILES string of the molecule is Cc1c(C(=O)N(C)C(C)c2ccccc2O)cnn1C. The van der Waals surface area contributed by atoms with E-state index >= 15 is 0 Å². The molecule has 0 saturated carbocycles. The molecule has 2 aromatic rings. The molecule has 1 atom stereocenters. The van der Waals surface area contributed by atoms with Crippen LogP contribution in [0, 0.1) is 6.92 Å². The van der Waals surface area contributed by atoms with Gasteiger partial charge >= 0.3 is 0 Å². The van der Waals surface area contributed by atoms with Crippen LogP contribution in [0.5, 0.6) is 5.75 Å². The number of para-hydroxylation sites is 1. The van der Waals surface area contributed by atoms with Crippen molar-refractivity contribution in [1.82, 2.24) is 14.7 Å². The number of nitrogens with zero attached hydrogens (tertiary/aromatic N) is 3. The lowest BCUT2D eigenvalue weighted by molar-refractivity contribution is 0.0740. The van der Waals surface area contributed by atoms with E-state index in [0.717, 1.165) is 11.3 Å². The molecule has 2 rings (SSSR count). The Labute approximate surface area is 118 Å². The number of aromatic nitrogens is 2. The highest BCUT2D eigenvalue weighted by Crippen LogP contribution is 2.28. The topological polar surface area (TPSA) is 58.4 Å². The second-order valence-electron chi connectivity index (χ2n) is 4.92. The highest BCUT2D eigenvalue weighted by molar-refractivity contribution is 5.95. The lowest BCUT2D eigenvalue weighted by Crippen LogP contribution is -2.30. The molecule has 0 bridgehead atoms. The Balaban J connectivity index is 2.27. The van der Waals surface area contributed by atoms with Crippen molar-refractivity contribution in [3.8, 4) is 5.75 Å². The summed E-state index contributed by atoms with van der Waals surface area (Å²) >= 11 is 0. The molecule has 1 N–H and O–H groups in total. The zero-order valence-corrected chi connectivity index (χ0v) is 12.2. The van der Waals surface area contributed by atoms with Gasteiger partial charge in [-0.3, -0.25) is 9.48 Å². The van der Waals surface area contributed by atoms with Gasteiger partial charge in [0.05, 0.1) is 17.8 Å². The zero-order chi connectivity index (χ0) is 14.9. The van der Waals surface area contributed by atoms with Crippen LogP contribution in [0.2, 0.25) is 0 Å². The number of benzene rings is 1. The van der Waals surface area contributed by atoms with Crippen LogP contribution in [0.1, 0.15) is 34.6 Å². The van der Waals surface area contributed by atoms with E-state index in [2.05, 4.69) is 5.10 Å². The number of hydrogen-bond donors (Lipinski definition) is 1. The third-order valence-corrected chi connectivity index (χ3v) is 3.75. The Morgan fingerprint density at radius 2 is 2.05 bits per heavy atom. The van der Waals surface area contributed by atoms with Gasteiger partial charge in [0.1, 0.15) is 5.75 Å². The van der Waals surface area contributed by atoms with Crippen molar-refractivity contribution in [2.45, 2.75) is 19.9 Å². The molecule has 0 fully saturated rings. The molecule has 1 aromatic carbocycles. The van der Waals surface area contributed by atoms with Crippen molar-refractivity contribution < 1.29 is 9.90 Å². The predicted octanol–water partition coefficient (Wildman–Crippen LogP) is 2.27. The van der Waals surface area contributed by atoms with Crippen molar-refractivity contribution >= 4 is 5.91 Å². The summed E-state index contributed by atoms with van der Waals surface area (Å²) in [6.07, 6.45) is 1.58. The van der Waals surface area contributed by atoms with E-state index in [0.29, 0.717) is 5.56 Å². The van der Waals surface area contributed by atoms with E-state index in [-0.39, 0.29) is 17.7 Å². The number of aryl methyl sites for hydroxylation is 1. The normalized spacial score (nSPS) is 12.2. The average Bonchev–Trinajstić information content (AvgIpc) is 2.77. The van der Waals surface area contributed by atoms with E-state index in [1.807, 2.05) is 26.0 Å². The Hall–Kier alpha value is -2.30. The first-order valence-corrected chi connectivity index (χ1v) is 6.47. The lowest BCUT2D eigenvalue weighted by Gasteiger charge is -2.25. The largest absolute Gasteiger partial charge is 0.508 e. The second-order valence-corrected chi connectivity index (χ2v) is 4.92. The van der Waals surface area contributed by atoms with Crippen molar-refractivity contribution in [2.75, 3.05) is 7.05 Å². The fourth-order valence-electron chi connectivity index (χ4n) is 2.12. The molecule has 0 radical (unpaired) electrons. The maximum Gasteiger partial charge on any atom is 0.257 e. The maximum atomic E-state index is 12.5. The summed E-state index contributed by atoms with van der Waals surface area (Å²) in [5.74, 6) is 0.0916. The minimum Gasteiger partial charge on any atom is -0.508 e. The molecule has 1 amide bonds. The molecular weight excluding hydrogens is 254 g/mol. The summed E-state index contributed by atoms with van der Waals surface area (Å²) in [4.78, 5) is 14.1. The van der Waals surface area contributed by atoms with E-state index in [9.17, 15) is 9.90 Å². The Kier molecular flexibility index (Phi) is 3.79. The lowest BCUT2D eigenvalue weighted by atomic mass is 10.1. The van der Waals surface area contributed by atoms with Crippen molar-refractivity contribution in [2.24, 2.45) is 7.05 Å². The van der Waals surface area contributed by atoms with Crippen LogP contribution >= 0.6 is 0 Å². The average molecular weight is 273 g/mol. The molecular formula is C15H19N3O2. The van der Waals surface area contributed by atoms with Crippen molar-refractivity contribution in [3.63, 3.8) is 0 Å². The van der Waals surface area contributed by atoms with Gasteiger partial charge in [-0.05, 0) is 19.9 Å². The molecule has 5 nitrogen and oxygen atoms in total. The van der Waals surface area contributed by atoms with Crippen LogP contribution in [-0.2, 0) is 7.05 Å². The first kappa shape index (κ1) is 14.1. The predicted molar refractivity (Wildman–Crippen MR) is 76.6 cm³/mol. The Morgan fingerprint density at radius 1 is 1.40 bits per heavy atom. The van der Waals surface area contributed by atoms with Crippen LogP contribution in [0.25, 0.3) is 0 Å². The summed E-state index contributed by atoms with van der Waals surface area (Å²) in [7, 11) is 3.53. The first-order chi connectivity index (χ1) is 9.43. The molecule has 0 aliphatic rings. The minimum atomic E-state index is -0.219. The maximum absolute atomic E-state index is 12.5. The van der Waals surface area contributed by atoms with Gasteiger partial charge in [-0.25, -0.2) is 0 Å². The van der Waals surface area contributed by atoms with E-state index in [1.54, 1.807) is 42.0 Å². The standard InChI is InChI=1S/C15H19N3O2/c1-10(12-7-5-6-8-14(12)19)17(3)15(20)13-9-16-18(4)11(13)2/h5-10,19H,1-4H3. The van der Waals surface area contributed by atoms with E-state index in [4.69, 9.17) is 0 Å². The Bertz CT molecular complexity index is 634. The van der Waals surface area contributed by atoms with Gasteiger partial charge in [0.2, 0.25) is 0 Å². The molecule has 5 heteroatoms. The molecule has 0 aliphatic heterocycles. The van der Waals surface area contributed by atoms with Gasteiger partial charge in [0, 0.05) is 25.4 Å². The van der Waals surface area contributed by atoms with Crippen molar-refractivity contribution in [3.05, 3.63) is 47.3 Å². The fraction of sp³-hybridized carbons (Fsp3) is 0.333. The molecule has 0 saturated heterocycles. The van der Waals surface area contributed by atoms with Gasteiger partial charge in [0.15, 0.2) is 0 Å². The first-order valence-electron chi connectivity index (χ1n) is 6.47. The van der Waals surface area contributed by atoms with Gasteiger partial charge in [-0.2, -0.15) is 5.10 Å². The van der Waals surface area contributed by atoms with Crippen LogP contribution in [0.15, 0.2) is 30.5 Å². The summed E-state index contributed by atoms with van der Waals surface area (Å²) in [5.41, 5.74) is 2.13. The molecule has 1 unspecified atom stereocenters. The smallest absolute Gasteiger partial charge is 0.257 e. The van der Waals surface area contributed by atoms with Gasteiger partial charge in [-0.15, -0.1) is 0 Å². The van der Waals surface area contributed by atoms with Crippen LogP contribution in [0.3, 0.4) is 0 Å². The number of carbonyl (C=O) groups is 1. The van der Waals surface area contributed by atoms with E-state index in [1.165, 1.54) is 0 Å². The third kappa shape index (κ3) is 2.39. The summed E-state index contributed by atoms with van der Waals surface area (Å²) in [5, 5.41) is 14.0. The summed E-state index contributed by atoms with van der Waals surface area (Å²) in [6, 6.07) is 6.83. The number of rotatable bonds is 3. The molecule has 1 heterocycles. The second kappa shape index (κ2) is 5.36. The number of phenolic OH excluding ortho intramolecular Hbond substituents is 1. The molecule has 0 aliphatic carbocycles. The van der Waals surface area contributed by atoms with Gasteiger partial charge in [-0.1, -0.05) is 18.2 Å². The molecule has 20 heavy (non-hydrogen) atoms. The highest BCUT2D eigenvalue weighted by Gasteiger charge is 2.23. The van der Waals surface area contributed by atoms with Crippen molar-refractivity contribution in [1.29, 1.82) is 0 Å². The number of phenols is 1.